The second kappa shape index (κ2) is 7.62. The molecule has 0 radical (unpaired) electrons. The van der Waals surface area contributed by atoms with Crippen LogP contribution in [0, 0.1) is 5.92 Å². The smallest absolute Gasteiger partial charge is 0.228 e. The van der Waals surface area contributed by atoms with Crippen LogP contribution in [0.2, 0.25) is 5.02 Å². The van der Waals surface area contributed by atoms with E-state index in [1.165, 1.54) is 0 Å². The van der Waals surface area contributed by atoms with Crippen molar-refractivity contribution in [3.63, 3.8) is 0 Å². The van der Waals surface area contributed by atoms with Crippen molar-refractivity contribution in [2.45, 2.75) is 31.9 Å². The number of amides is 1. The monoisotopic (exact) mass is 337 g/mol. The van der Waals surface area contributed by atoms with Gasteiger partial charge in [0.1, 0.15) is 6.10 Å². The maximum Gasteiger partial charge on any atom is 0.228 e. The van der Waals surface area contributed by atoms with E-state index in [2.05, 4.69) is 17.8 Å². The van der Waals surface area contributed by atoms with Crippen LogP contribution in [0.4, 0.5) is 0 Å². The highest BCUT2D eigenvalue weighted by Crippen LogP contribution is 2.25. The minimum atomic E-state index is -0.0723. The quantitative estimate of drug-likeness (QED) is 0.883. The van der Waals surface area contributed by atoms with Gasteiger partial charge in [0, 0.05) is 24.2 Å². The normalized spacial score (nSPS) is 28.1. The molecule has 0 aromatic heterocycles. The fourth-order valence-corrected chi connectivity index (χ4v) is 3.48. The maximum absolute atomic E-state index is 12.9. The van der Waals surface area contributed by atoms with E-state index in [0.717, 1.165) is 18.4 Å². The van der Waals surface area contributed by atoms with Crippen LogP contribution in [-0.2, 0) is 9.53 Å². The Morgan fingerprint density at radius 3 is 2.91 bits per heavy atom. The number of carbonyl (C=O) groups excluding carboxylic acids is 1. The van der Waals surface area contributed by atoms with Crippen LogP contribution in [-0.4, -0.2) is 43.1 Å². The summed E-state index contributed by atoms with van der Waals surface area (Å²) in [6.45, 7) is 4.69. The predicted molar refractivity (Wildman–Crippen MR) is 90.0 cm³/mol. The van der Waals surface area contributed by atoms with Crippen LogP contribution in [0.15, 0.2) is 24.3 Å². The van der Waals surface area contributed by atoms with E-state index in [-0.39, 0.29) is 24.0 Å². The molecule has 0 spiro atoms. The summed E-state index contributed by atoms with van der Waals surface area (Å²) >= 11 is 5.94. The van der Waals surface area contributed by atoms with Crippen LogP contribution >= 0.6 is 11.6 Å². The van der Waals surface area contributed by atoms with Crippen LogP contribution in [0.1, 0.15) is 31.4 Å². The van der Waals surface area contributed by atoms with Gasteiger partial charge in [-0.2, -0.15) is 0 Å². The molecule has 3 unspecified atom stereocenters. The summed E-state index contributed by atoms with van der Waals surface area (Å²) in [6, 6.07) is 7.90. The lowest BCUT2D eigenvalue weighted by molar-refractivity contribution is -0.143. The average Bonchev–Trinajstić information content (AvgIpc) is 3.03. The zero-order valence-corrected chi connectivity index (χ0v) is 14.2. The lowest BCUT2D eigenvalue weighted by Crippen LogP contribution is -2.47. The summed E-state index contributed by atoms with van der Waals surface area (Å²) in [5.41, 5.74) is 7.44. The van der Waals surface area contributed by atoms with Crippen molar-refractivity contribution < 1.29 is 9.53 Å². The van der Waals surface area contributed by atoms with Gasteiger partial charge in [-0.3, -0.25) is 15.6 Å². The zero-order chi connectivity index (χ0) is 16.2. The number of benzene rings is 1. The average molecular weight is 338 g/mol. The minimum absolute atomic E-state index is 0.0129. The fraction of sp³-hybridized carbons (Fsp3) is 0.588. The lowest BCUT2D eigenvalue weighted by Gasteiger charge is -2.35. The number of nitrogens with one attached hydrogen (secondary N) is 2. The largest absolute Gasteiger partial charge is 0.370 e. The number of ether oxygens (including phenoxy) is 1. The number of hydrogen-bond donors (Lipinski definition) is 2. The molecule has 0 bridgehead atoms. The van der Waals surface area contributed by atoms with Gasteiger partial charge in [0.15, 0.2) is 0 Å². The van der Waals surface area contributed by atoms with E-state index in [9.17, 15) is 4.79 Å². The summed E-state index contributed by atoms with van der Waals surface area (Å²) in [5.74, 6) is 0.238. The second-order valence-corrected chi connectivity index (χ2v) is 6.66. The first-order valence-electron chi connectivity index (χ1n) is 8.33. The molecule has 2 heterocycles. The summed E-state index contributed by atoms with van der Waals surface area (Å²) < 4.78 is 5.85. The Labute approximate surface area is 142 Å². The maximum atomic E-state index is 12.9. The first-order chi connectivity index (χ1) is 11.2. The molecule has 2 N–H and O–H groups in total. The Hall–Kier alpha value is -1.14. The molecule has 2 saturated heterocycles. The molecule has 1 aromatic carbocycles. The molecule has 5 nitrogen and oxygen atoms in total. The molecule has 1 aromatic rings. The van der Waals surface area contributed by atoms with Crippen LogP contribution < -0.4 is 10.9 Å². The van der Waals surface area contributed by atoms with Crippen molar-refractivity contribution in [2.75, 3.05) is 26.2 Å². The van der Waals surface area contributed by atoms with Gasteiger partial charge in [-0.1, -0.05) is 37.1 Å². The third kappa shape index (κ3) is 3.86. The number of morpholine rings is 1. The summed E-state index contributed by atoms with van der Waals surface area (Å²) in [5, 5.41) is 0.711. The molecule has 1 amide bonds. The fourth-order valence-electron chi connectivity index (χ4n) is 3.35. The van der Waals surface area contributed by atoms with Crippen molar-refractivity contribution >= 4 is 17.5 Å². The number of hydrazine groups is 1. The molecular formula is C17H24ClN3O2. The Kier molecular flexibility index (Phi) is 5.54. The summed E-state index contributed by atoms with van der Waals surface area (Å²) in [6.07, 6.45) is 2.01. The third-order valence-electron chi connectivity index (χ3n) is 4.63. The van der Waals surface area contributed by atoms with Gasteiger partial charge in [-0.25, -0.2) is 0 Å². The van der Waals surface area contributed by atoms with E-state index in [1.54, 1.807) is 0 Å². The Bertz CT molecular complexity index is 537. The highest BCUT2D eigenvalue weighted by molar-refractivity contribution is 6.30. The molecule has 0 saturated carbocycles. The third-order valence-corrected chi connectivity index (χ3v) is 4.88. The first-order valence-corrected chi connectivity index (χ1v) is 8.71. The van der Waals surface area contributed by atoms with Crippen molar-refractivity contribution in [1.82, 2.24) is 15.8 Å². The molecule has 2 fully saturated rings. The summed E-state index contributed by atoms with van der Waals surface area (Å²) in [7, 11) is 0. The van der Waals surface area contributed by atoms with Crippen molar-refractivity contribution in [1.29, 1.82) is 0 Å². The highest BCUT2D eigenvalue weighted by Gasteiger charge is 2.36. The number of rotatable bonds is 4. The van der Waals surface area contributed by atoms with Crippen molar-refractivity contribution in [3.05, 3.63) is 34.9 Å². The molecule has 23 heavy (non-hydrogen) atoms. The number of nitrogens with zero attached hydrogens (tertiary/aromatic N) is 1. The standard InChI is InChI=1S/C17H24ClN3O2/c1-2-3-15-14(10-19-20-15)17(22)21-8-9-23-16(11-21)12-4-6-13(18)7-5-12/h4-7,14-16,19-20H,2-3,8-11H2,1H3. The first kappa shape index (κ1) is 16.7. The van der Waals surface area contributed by atoms with Crippen LogP contribution in [0.5, 0.6) is 0 Å². The van der Waals surface area contributed by atoms with Gasteiger partial charge >= 0.3 is 0 Å². The van der Waals surface area contributed by atoms with E-state index >= 15 is 0 Å². The van der Waals surface area contributed by atoms with Gasteiger partial charge in [-0.15, -0.1) is 0 Å². The van der Waals surface area contributed by atoms with Gasteiger partial charge in [0.25, 0.3) is 0 Å². The highest BCUT2D eigenvalue weighted by atomic mass is 35.5. The van der Waals surface area contributed by atoms with Crippen LogP contribution in [0.3, 0.4) is 0 Å². The lowest BCUT2D eigenvalue weighted by atomic mass is 9.96. The molecule has 126 valence electrons. The van der Waals surface area contributed by atoms with Gasteiger partial charge in [0.05, 0.1) is 19.1 Å². The van der Waals surface area contributed by atoms with Crippen LogP contribution in [0.25, 0.3) is 0 Å². The van der Waals surface area contributed by atoms with Crippen molar-refractivity contribution in [3.8, 4) is 0 Å². The number of halogens is 1. The molecule has 6 heteroatoms. The topological polar surface area (TPSA) is 53.6 Å². The molecule has 0 aliphatic carbocycles. The van der Waals surface area contributed by atoms with E-state index in [0.29, 0.717) is 31.3 Å². The molecule has 2 aliphatic rings. The van der Waals surface area contributed by atoms with E-state index < -0.39 is 0 Å². The molecular weight excluding hydrogens is 314 g/mol. The Balaban J connectivity index is 1.65. The van der Waals surface area contributed by atoms with E-state index in [1.807, 2.05) is 29.2 Å². The molecule has 2 aliphatic heterocycles. The predicted octanol–water partition coefficient (Wildman–Crippen LogP) is 2.13. The number of hydrogen-bond acceptors (Lipinski definition) is 4. The molecule has 3 rings (SSSR count). The van der Waals surface area contributed by atoms with Gasteiger partial charge < -0.3 is 9.64 Å². The Morgan fingerprint density at radius 2 is 2.17 bits per heavy atom. The Morgan fingerprint density at radius 1 is 1.39 bits per heavy atom. The van der Waals surface area contributed by atoms with E-state index in [4.69, 9.17) is 16.3 Å². The van der Waals surface area contributed by atoms with Gasteiger partial charge in [0.2, 0.25) is 5.91 Å². The molecule has 3 atom stereocenters. The number of carbonyl (C=O) groups is 1. The van der Waals surface area contributed by atoms with Gasteiger partial charge in [-0.05, 0) is 24.1 Å². The minimum Gasteiger partial charge on any atom is -0.370 e. The van der Waals surface area contributed by atoms with Crippen molar-refractivity contribution in [2.24, 2.45) is 5.92 Å². The SMILES string of the molecule is CCCC1NNCC1C(=O)N1CCOC(c2ccc(Cl)cc2)C1. The zero-order valence-electron chi connectivity index (χ0n) is 13.4. The second-order valence-electron chi connectivity index (χ2n) is 6.22. The summed E-state index contributed by atoms with van der Waals surface area (Å²) in [4.78, 5) is 14.8.